The van der Waals surface area contributed by atoms with E-state index in [-0.39, 0.29) is 43.3 Å². The van der Waals surface area contributed by atoms with Gasteiger partial charge in [0.2, 0.25) is 21.8 Å². The van der Waals surface area contributed by atoms with Crippen molar-refractivity contribution >= 4 is 21.8 Å². The first-order valence-electron chi connectivity index (χ1n) is 10.4. The molecule has 178 valence electrons. The Balaban J connectivity index is 1.68. The number of hydrogen-bond donors (Lipinski definition) is 3. The van der Waals surface area contributed by atoms with E-state index in [4.69, 9.17) is 0 Å². The van der Waals surface area contributed by atoms with Crippen LogP contribution < -0.4 is 15.4 Å². The van der Waals surface area contributed by atoms with Crippen LogP contribution in [0.5, 0.6) is 0 Å². The van der Waals surface area contributed by atoms with Crippen molar-refractivity contribution in [2.24, 2.45) is 0 Å². The molecule has 2 amide bonds. The van der Waals surface area contributed by atoms with Crippen LogP contribution in [0.2, 0.25) is 0 Å². The molecule has 0 spiro atoms. The molecule has 1 aromatic rings. The van der Waals surface area contributed by atoms with E-state index in [1.54, 1.807) is 0 Å². The smallest absolute Gasteiger partial charge is 0.354 e. The summed E-state index contributed by atoms with van der Waals surface area (Å²) in [6.45, 7) is 4.29. The van der Waals surface area contributed by atoms with Gasteiger partial charge in [-0.1, -0.05) is 6.07 Å². The average Bonchev–Trinajstić information content (AvgIpc) is 3.10. The molecule has 0 unspecified atom stereocenters. The van der Waals surface area contributed by atoms with Gasteiger partial charge in [0.1, 0.15) is 0 Å². The van der Waals surface area contributed by atoms with Gasteiger partial charge in [-0.15, -0.1) is 0 Å². The average molecular weight is 477 g/mol. The number of carbonyl (C=O) groups excluding carboxylic acids is 2. The molecule has 0 radical (unpaired) electrons. The molecule has 12 heteroatoms. The fourth-order valence-corrected chi connectivity index (χ4v) is 5.43. The first kappa shape index (κ1) is 24.5. The predicted molar refractivity (Wildman–Crippen MR) is 110 cm³/mol. The normalized spacial score (nSPS) is 24.3. The summed E-state index contributed by atoms with van der Waals surface area (Å²) >= 11 is 0. The van der Waals surface area contributed by atoms with Crippen molar-refractivity contribution in [3.8, 4) is 0 Å². The number of benzene rings is 1. The van der Waals surface area contributed by atoms with Gasteiger partial charge in [0.05, 0.1) is 16.5 Å². The lowest BCUT2D eigenvalue weighted by Gasteiger charge is -2.37. The van der Waals surface area contributed by atoms with Crippen molar-refractivity contribution in [3.63, 3.8) is 0 Å². The molecule has 2 aliphatic rings. The lowest BCUT2D eigenvalue weighted by Crippen LogP contribution is -2.58. The minimum Gasteiger partial charge on any atom is -0.354 e. The van der Waals surface area contributed by atoms with E-state index in [1.165, 1.54) is 0 Å². The van der Waals surface area contributed by atoms with E-state index in [0.717, 1.165) is 18.2 Å². The number of sulfonamides is 1. The summed E-state index contributed by atoms with van der Waals surface area (Å²) < 4.78 is 66.7. The number of amides is 2. The summed E-state index contributed by atoms with van der Waals surface area (Å²) in [5, 5.41) is 5.60. The number of hydrogen-bond acceptors (Lipinski definition) is 5. The Morgan fingerprint density at radius 1 is 1.31 bits per heavy atom. The molecular weight excluding hydrogens is 449 g/mol. The summed E-state index contributed by atoms with van der Waals surface area (Å²) in [6.07, 6.45) is -3.71. The Bertz CT molecular complexity index is 968. The fraction of sp³-hybridized carbons (Fsp3) is 0.600. The van der Waals surface area contributed by atoms with Crippen molar-refractivity contribution in [2.45, 2.75) is 68.3 Å². The standard InChI is InChI=1S/C20H27F3N4O4S/c1-12(2)25-18(28)7-6-15-10-24-19(29)17-9-14(11-27(15)17)26-32(30,31)16-5-3-4-13(8-16)20(21,22)23/h3-5,8,12,14-15,17,26H,6-7,9-11H2,1-2H3,(H,24,29)(H,25,28)/t14-,15+,17-/m0/s1. The van der Waals surface area contributed by atoms with E-state index >= 15 is 0 Å². The van der Waals surface area contributed by atoms with E-state index in [2.05, 4.69) is 15.4 Å². The molecule has 2 fully saturated rings. The van der Waals surface area contributed by atoms with E-state index < -0.39 is 38.7 Å². The SMILES string of the molecule is CC(C)NC(=O)CC[C@@H]1CNC(=O)[C@@H]2C[C@H](NS(=O)(=O)c3cccc(C(F)(F)F)c3)CN12. The van der Waals surface area contributed by atoms with E-state index in [9.17, 15) is 31.2 Å². The number of piperazine rings is 1. The quantitative estimate of drug-likeness (QED) is 0.549. The topological polar surface area (TPSA) is 108 Å². The van der Waals surface area contributed by atoms with Gasteiger partial charge in [0, 0.05) is 37.6 Å². The van der Waals surface area contributed by atoms with Gasteiger partial charge in [-0.3, -0.25) is 14.5 Å². The molecule has 2 aliphatic heterocycles. The summed E-state index contributed by atoms with van der Waals surface area (Å²) in [5.74, 6) is -0.330. The van der Waals surface area contributed by atoms with Crippen LogP contribution in [0, 0.1) is 0 Å². The molecule has 3 atom stereocenters. The molecule has 0 aromatic heterocycles. The Labute approximate surface area is 185 Å². The zero-order chi connectivity index (χ0) is 23.7. The molecular formula is C20H27F3N4O4S. The van der Waals surface area contributed by atoms with Crippen LogP contribution in [0.1, 0.15) is 38.7 Å². The first-order valence-corrected chi connectivity index (χ1v) is 11.9. The van der Waals surface area contributed by atoms with Crippen molar-refractivity contribution in [1.29, 1.82) is 0 Å². The highest BCUT2D eigenvalue weighted by Gasteiger charge is 2.44. The van der Waals surface area contributed by atoms with Crippen LogP contribution in [-0.2, 0) is 25.8 Å². The third-order valence-electron chi connectivity index (χ3n) is 5.57. The molecule has 3 rings (SSSR count). The molecule has 0 bridgehead atoms. The lowest BCUT2D eigenvalue weighted by atomic mass is 10.0. The summed E-state index contributed by atoms with van der Waals surface area (Å²) in [5.41, 5.74) is -1.05. The molecule has 8 nitrogen and oxygen atoms in total. The maximum atomic E-state index is 13.0. The van der Waals surface area contributed by atoms with Crippen LogP contribution in [0.4, 0.5) is 13.2 Å². The third-order valence-corrected chi connectivity index (χ3v) is 7.09. The molecule has 1 aromatic carbocycles. The highest BCUT2D eigenvalue weighted by atomic mass is 32.2. The van der Waals surface area contributed by atoms with Crippen LogP contribution in [0.3, 0.4) is 0 Å². The summed E-state index contributed by atoms with van der Waals surface area (Å²) in [4.78, 5) is 25.7. The van der Waals surface area contributed by atoms with Gasteiger partial charge in [0.25, 0.3) is 0 Å². The molecule has 3 N–H and O–H groups in total. The van der Waals surface area contributed by atoms with Crippen LogP contribution in [0.15, 0.2) is 29.2 Å². The Morgan fingerprint density at radius 2 is 2.03 bits per heavy atom. The Kier molecular flexibility index (Phi) is 7.15. The molecule has 2 saturated heterocycles. The van der Waals surface area contributed by atoms with Gasteiger partial charge < -0.3 is 10.6 Å². The van der Waals surface area contributed by atoms with E-state index in [0.29, 0.717) is 19.0 Å². The summed E-state index contributed by atoms with van der Waals surface area (Å²) in [7, 11) is -4.22. The van der Waals surface area contributed by atoms with Crippen molar-refractivity contribution in [3.05, 3.63) is 29.8 Å². The number of halogens is 3. The second-order valence-corrected chi connectivity index (χ2v) is 10.2. The van der Waals surface area contributed by atoms with Crippen LogP contribution in [0.25, 0.3) is 0 Å². The number of alkyl halides is 3. The van der Waals surface area contributed by atoms with Crippen molar-refractivity contribution in [2.75, 3.05) is 13.1 Å². The zero-order valence-electron chi connectivity index (χ0n) is 17.8. The van der Waals surface area contributed by atoms with Crippen LogP contribution in [-0.4, -0.2) is 62.4 Å². The number of rotatable bonds is 7. The third kappa shape index (κ3) is 5.78. The fourth-order valence-electron chi connectivity index (χ4n) is 4.15. The summed E-state index contributed by atoms with van der Waals surface area (Å²) in [6, 6.07) is 2.21. The van der Waals surface area contributed by atoms with Gasteiger partial charge in [-0.05, 0) is 44.9 Å². The van der Waals surface area contributed by atoms with Crippen LogP contribution >= 0.6 is 0 Å². The minimum absolute atomic E-state index is 0.0164. The van der Waals surface area contributed by atoms with E-state index in [1.807, 2.05) is 18.7 Å². The second kappa shape index (κ2) is 9.36. The lowest BCUT2D eigenvalue weighted by molar-refractivity contribution is -0.137. The minimum atomic E-state index is -4.66. The first-order chi connectivity index (χ1) is 14.9. The number of fused-ring (bicyclic) bond motifs is 1. The maximum absolute atomic E-state index is 13.0. The van der Waals surface area contributed by atoms with Gasteiger partial charge in [-0.2, -0.15) is 13.2 Å². The highest BCUT2D eigenvalue weighted by Crippen LogP contribution is 2.31. The molecule has 0 saturated carbocycles. The van der Waals surface area contributed by atoms with Crippen molar-refractivity contribution < 1.29 is 31.2 Å². The number of nitrogens with zero attached hydrogens (tertiary/aromatic N) is 1. The maximum Gasteiger partial charge on any atom is 0.416 e. The number of carbonyl (C=O) groups is 2. The Morgan fingerprint density at radius 3 is 2.69 bits per heavy atom. The molecule has 32 heavy (non-hydrogen) atoms. The largest absolute Gasteiger partial charge is 0.416 e. The monoisotopic (exact) mass is 476 g/mol. The number of nitrogens with one attached hydrogen (secondary N) is 3. The second-order valence-electron chi connectivity index (χ2n) is 8.45. The van der Waals surface area contributed by atoms with Gasteiger partial charge >= 0.3 is 6.18 Å². The molecule has 2 heterocycles. The van der Waals surface area contributed by atoms with Crippen molar-refractivity contribution in [1.82, 2.24) is 20.3 Å². The van der Waals surface area contributed by atoms with Gasteiger partial charge in [-0.25, -0.2) is 13.1 Å². The zero-order valence-corrected chi connectivity index (χ0v) is 18.6. The predicted octanol–water partition coefficient (Wildman–Crippen LogP) is 1.23. The highest BCUT2D eigenvalue weighted by molar-refractivity contribution is 7.89. The molecule has 0 aliphatic carbocycles. The van der Waals surface area contributed by atoms with Gasteiger partial charge in [0.15, 0.2) is 0 Å². The Hall–Kier alpha value is -2.18.